The van der Waals surface area contributed by atoms with E-state index in [2.05, 4.69) is 20.9 Å². The van der Waals surface area contributed by atoms with E-state index in [9.17, 15) is 9.59 Å². The summed E-state index contributed by atoms with van der Waals surface area (Å²) in [6, 6.07) is 13.3. The van der Waals surface area contributed by atoms with E-state index in [0.717, 1.165) is 47.7 Å². The molecular weight excluding hydrogens is 476 g/mol. The van der Waals surface area contributed by atoms with E-state index in [1.165, 1.54) is 32.4 Å². The number of anilines is 2. The molecule has 4 rings (SSSR count). The Hall–Kier alpha value is -3.39. The van der Waals surface area contributed by atoms with Gasteiger partial charge in [-0.15, -0.1) is 0 Å². The zero-order chi connectivity index (χ0) is 27.3. The maximum atomic E-state index is 13.4. The van der Waals surface area contributed by atoms with E-state index < -0.39 is 11.3 Å². The first-order valence-corrected chi connectivity index (χ1v) is 13.9. The lowest BCUT2D eigenvalue weighted by Crippen LogP contribution is -2.43. The summed E-state index contributed by atoms with van der Waals surface area (Å²) in [5, 5.41) is 3.44. The van der Waals surface area contributed by atoms with Crippen molar-refractivity contribution in [1.29, 1.82) is 0 Å². The number of aromatic nitrogens is 2. The largest absolute Gasteiger partial charge is 0.366 e. The quantitative estimate of drug-likeness (QED) is 0.376. The molecule has 8 heteroatoms. The molecule has 0 atom stereocenters. The van der Waals surface area contributed by atoms with Crippen LogP contribution in [0.25, 0.3) is 11.0 Å². The number of nitrogens with one attached hydrogen (secondary N) is 1. The predicted molar refractivity (Wildman–Crippen MR) is 154 cm³/mol. The highest BCUT2D eigenvalue weighted by Crippen LogP contribution is 2.31. The summed E-state index contributed by atoms with van der Waals surface area (Å²) in [4.78, 5) is 34.2. The molecule has 38 heavy (non-hydrogen) atoms. The van der Waals surface area contributed by atoms with E-state index in [1.807, 2.05) is 56.9 Å². The molecule has 204 valence electrons. The molecule has 3 N–H and O–H groups in total. The molecule has 0 saturated carbocycles. The number of imidazole rings is 1. The third-order valence-electron chi connectivity index (χ3n) is 7.79. The van der Waals surface area contributed by atoms with Crippen molar-refractivity contribution in [3.63, 3.8) is 0 Å². The van der Waals surface area contributed by atoms with E-state index >= 15 is 0 Å². The Labute approximate surface area is 226 Å². The van der Waals surface area contributed by atoms with Crippen molar-refractivity contribution in [2.45, 2.75) is 65.3 Å². The maximum Gasteiger partial charge on any atom is 0.248 e. The van der Waals surface area contributed by atoms with Crippen LogP contribution in [0.5, 0.6) is 0 Å². The van der Waals surface area contributed by atoms with Crippen LogP contribution >= 0.6 is 0 Å². The van der Waals surface area contributed by atoms with Gasteiger partial charge in [0.2, 0.25) is 17.8 Å². The van der Waals surface area contributed by atoms with Crippen molar-refractivity contribution >= 4 is 34.5 Å². The third kappa shape index (κ3) is 6.01. The van der Waals surface area contributed by atoms with E-state index in [1.54, 1.807) is 12.1 Å². The second kappa shape index (κ2) is 12.0. The summed E-state index contributed by atoms with van der Waals surface area (Å²) in [6.45, 7) is 13.6. The second-order valence-electron chi connectivity index (χ2n) is 10.7. The minimum absolute atomic E-state index is 0.130. The number of primary amides is 1. The molecule has 1 saturated heterocycles. The predicted octanol–water partition coefficient (Wildman–Crippen LogP) is 4.90. The molecular formula is C30H42N6O2. The number of piperidine rings is 1. The topological polar surface area (TPSA) is 96.5 Å². The number of aryl methyl sites for hydroxylation is 1. The summed E-state index contributed by atoms with van der Waals surface area (Å²) in [6.07, 6.45) is 4.89. The van der Waals surface area contributed by atoms with Gasteiger partial charge < -0.3 is 25.4 Å². The number of carbonyl (C=O) groups excluding carboxylic acids is 2. The molecule has 2 amide bonds. The van der Waals surface area contributed by atoms with Gasteiger partial charge in [0.05, 0.1) is 16.4 Å². The van der Waals surface area contributed by atoms with Crippen molar-refractivity contribution in [2.75, 3.05) is 38.0 Å². The summed E-state index contributed by atoms with van der Waals surface area (Å²) >= 11 is 0. The second-order valence-corrected chi connectivity index (χ2v) is 10.7. The minimum atomic E-state index is -0.651. The van der Waals surface area contributed by atoms with Gasteiger partial charge in [0.1, 0.15) is 0 Å². The SMILES string of the molecule is CCN(CC)C(=O)C(C)(C)c1ccc2nc(Nc3ccc(C(N)=O)cc3)n(CCCN3CCCCC3)c2c1. The molecule has 1 aliphatic heterocycles. The molecule has 0 radical (unpaired) electrons. The standard InChI is InChI=1S/C30H42N6O2/c1-5-35(6-2)28(38)30(3,4)23-13-16-25-26(21-23)36(20-10-19-34-17-8-7-9-18-34)29(33-25)32-24-14-11-22(12-15-24)27(31)37/h11-16,21H,5-10,17-20H2,1-4H3,(H2,31,37)(H,32,33). The maximum absolute atomic E-state index is 13.4. The van der Waals surface area contributed by atoms with Gasteiger partial charge in [0.25, 0.3) is 0 Å². The molecule has 8 nitrogen and oxygen atoms in total. The lowest BCUT2D eigenvalue weighted by Gasteiger charge is -2.31. The highest BCUT2D eigenvalue weighted by Gasteiger charge is 2.33. The fraction of sp³-hybridized carbons (Fsp3) is 0.500. The van der Waals surface area contributed by atoms with Crippen molar-refractivity contribution in [2.24, 2.45) is 5.73 Å². The number of amides is 2. The minimum Gasteiger partial charge on any atom is -0.366 e. The number of rotatable bonds is 11. The lowest BCUT2D eigenvalue weighted by molar-refractivity contribution is -0.135. The smallest absolute Gasteiger partial charge is 0.248 e. The summed E-state index contributed by atoms with van der Waals surface area (Å²) in [7, 11) is 0. The number of hydrogen-bond acceptors (Lipinski definition) is 5. The molecule has 0 spiro atoms. The van der Waals surface area contributed by atoms with Crippen LogP contribution in [0.15, 0.2) is 42.5 Å². The Morgan fingerprint density at radius 1 is 1.00 bits per heavy atom. The van der Waals surface area contributed by atoms with Gasteiger partial charge in [-0.1, -0.05) is 12.5 Å². The normalized spacial score (nSPS) is 14.5. The lowest BCUT2D eigenvalue weighted by atomic mass is 9.83. The van der Waals surface area contributed by atoms with Crippen LogP contribution in [-0.4, -0.2) is 63.9 Å². The van der Waals surface area contributed by atoms with Gasteiger partial charge in [0, 0.05) is 30.9 Å². The monoisotopic (exact) mass is 518 g/mol. The number of nitrogens with two attached hydrogens (primary N) is 1. The Morgan fingerprint density at radius 3 is 2.32 bits per heavy atom. The number of nitrogens with zero attached hydrogens (tertiary/aromatic N) is 4. The molecule has 0 aliphatic carbocycles. The number of benzene rings is 2. The van der Waals surface area contributed by atoms with Crippen LogP contribution in [0.2, 0.25) is 0 Å². The van der Waals surface area contributed by atoms with E-state index in [4.69, 9.17) is 10.7 Å². The van der Waals surface area contributed by atoms with Crippen LogP contribution in [0.4, 0.5) is 11.6 Å². The van der Waals surface area contributed by atoms with Crippen molar-refractivity contribution in [1.82, 2.24) is 19.4 Å². The van der Waals surface area contributed by atoms with Crippen LogP contribution in [0.1, 0.15) is 69.3 Å². The average Bonchev–Trinajstić information content (AvgIpc) is 3.26. The van der Waals surface area contributed by atoms with Gasteiger partial charge in [-0.05, 0) is 109 Å². The van der Waals surface area contributed by atoms with Crippen LogP contribution in [-0.2, 0) is 16.8 Å². The number of likely N-dealkylation sites (tertiary alicyclic amines) is 1. The third-order valence-corrected chi connectivity index (χ3v) is 7.79. The molecule has 2 heterocycles. The van der Waals surface area contributed by atoms with Gasteiger partial charge >= 0.3 is 0 Å². The number of likely N-dealkylation sites (N-methyl/N-ethyl adjacent to an activating group) is 1. The number of hydrogen-bond donors (Lipinski definition) is 2. The van der Waals surface area contributed by atoms with Gasteiger partial charge in [-0.2, -0.15) is 0 Å². The number of fused-ring (bicyclic) bond motifs is 1. The summed E-state index contributed by atoms with van der Waals surface area (Å²) in [5.41, 5.74) is 8.94. The molecule has 1 aliphatic rings. The Bertz CT molecular complexity index is 1250. The zero-order valence-electron chi connectivity index (χ0n) is 23.3. The van der Waals surface area contributed by atoms with Gasteiger partial charge in [-0.3, -0.25) is 9.59 Å². The molecule has 1 aromatic heterocycles. The van der Waals surface area contributed by atoms with Crippen LogP contribution in [0.3, 0.4) is 0 Å². The van der Waals surface area contributed by atoms with Crippen molar-refractivity contribution in [3.05, 3.63) is 53.6 Å². The zero-order valence-corrected chi connectivity index (χ0v) is 23.3. The molecule has 3 aromatic rings. The Kier molecular flexibility index (Phi) is 8.72. The highest BCUT2D eigenvalue weighted by molar-refractivity contribution is 5.93. The van der Waals surface area contributed by atoms with Crippen molar-refractivity contribution in [3.8, 4) is 0 Å². The van der Waals surface area contributed by atoms with Crippen LogP contribution in [0, 0.1) is 0 Å². The highest BCUT2D eigenvalue weighted by atomic mass is 16.2. The fourth-order valence-corrected chi connectivity index (χ4v) is 5.35. The van der Waals surface area contributed by atoms with E-state index in [0.29, 0.717) is 18.7 Å². The first-order valence-electron chi connectivity index (χ1n) is 13.9. The Balaban J connectivity index is 1.66. The van der Waals surface area contributed by atoms with Crippen molar-refractivity contribution < 1.29 is 9.59 Å². The first-order chi connectivity index (χ1) is 18.2. The molecule has 2 aromatic carbocycles. The first kappa shape index (κ1) is 27.6. The van der Waals surface area contributed by atoms with Gasteiger partial charge in [-0.25, -0.2) is 4.98 Å². The molecule has 1 fully saturated rings. The van der Waals surface area contributed by atoms with E-state index in [-0.39, 0.29) is 5.91 Å². The molecule has 0 bridgehead atoms. The average molecular weight is 519 g/mol. The van der Waals surface area contributed by atoms with Gasteiger partial charge in [0.15, 0.2) is 0 Å². The fourth-order valence-electron chi connectivity index (χ4n) is 5.35. The summed E-state index contributed by atoms with van der Waals surface area (Å²) in [5.74, 6) is 0.428. The number of carbonyl (C=O) groups is 2. The van der Waals surface area contributed by atoms with Crippen LogP contribution < -0.4 is 11.1 Å². The Morgan fingerprint density at radius 2 is 1.68 bits per heavy atom. The molecule has 0 unspecified atom stereocenters. The summed E-state index contributed by atoms with van der Waals surface area (Å²) < 4.78 is 2.22.